The van der Waals surface area contributed by atoms with Gasteiger partial charge in [-0.2, -0.15) is 0 Å². The Labute approximate surface area is 117 Å². The van der Waals surface area contributed by atoms with Crippen molar-refractivity contribution in [1.82, 2.24) is 10.6 Å². The zero-order valence-corrected chi connectivity index (χ0v) is 11.5. The number of rotatable bonds is 7. The maximum atomic E-state index is 11.6. The van der Waals surface area contributed by atoms with Crippen molar-refractivity contribution in [3.05, 3.63) is 29.8 Å². The first-order valence-corrected chi connectivity index (χ1v) is 6.41. The summed E-state index contributed by atoms with van der Waals surface area (Å²) in [5, 5.41) is 5.28. The Balaban J connectivity index is 2.25. The molecule has 0 aromatic heterocycles. The van der Waals surface area contributed by atoms with Gasteiger partial charge in [-0.05, 0) is 17.7 Å². The number of hydrogen-bond donors (Lipinski definition) is 2. The molecular weight excluding hydrogens is 268 g/mol. The van der Waals surface area contributed by atoms with Crippen LogP contribution in [0.25, 0.3) is 0 Å². The van der Waals surface area contributed by atoms with Gasteiger partial charge < -0.3 is 15.4 Å². The lowest BCUT2D eigenvalue weighted by Gasteiger charge is -2.06. The summed E-state index contributed by atoms with van der Waals surface area (Å²) < 4.78 is 5.04. The molecule has 0 radical (unpaired) electrons. The number of ether oxygens (including phenoxy) is 1. The highest BCUT2D eigenvalue weighted by Gasteiger charge is 2.03. The molecule has 0 fully saturated rings. The Morgan fingerprint density at radius 3 is 2.21 bits per heavy atom. The van der Waals surface area contributed by atoms with Gasteiger partial charge in [-0.3, -0.25) is 9.59 Å². The molecule has 0 heterocycles. The molecular formula is C13H17ClN2O3. The first kappa shape index (κ1) is 15.3. The lowest BCUT2D eigenvalue weighted by atomic mass is 10.1. The largest absolute Gasteiger partial charge is 0.497 e. The average Bonchev–Trinajstić information content (AvgIpc) is 2.44. The zero-order valence-electron chi connectivity index (χ0n) is 10.7. The average molecular weight is 285 g/mol. The van der Waals surface area contributed by atoms with Crippen LogP contribution in [0.3, 0.4) is 0 Å². The maximum absolute atomic E-state index is 11.6. The van der Waals surface area contributed by atoms with Crippen molar-refractivity contribution in [1.29, 1.82) is 0 Å². The van der Waals surface area contributed by atoms with Crippen LogP contribution in [-0.2, 0) is 16.0 Å². The Morgan fingerprint density at radius 2 is 1.68 bits per heavy atom. The minimum Gasteiger partial charge on any atom is -0.497 e. The second kappa shape index (κ2) is 8.37. The summed E-state index contributed by atoms with van der Waals surface area (Å²) in [5.74, 6) is 0.351. The molecule has 0 aliphatic carbocycles. The fourth-order valence-electron chi connectivity index (χ4n) is 1.44. The van der Waals surface area contributed by atoms with E-state index in [0.717, 1.165) is 11.3 Å². The molecule has 5 nitrogen and oxygen atoms in total. The molecule has 0 aliphatic rings. The third-order valence-corrected chi connectivity index (χ3v) is 2.66. The van der Waals surface area contributed by atoms with Crippen molar-refractivity contribution in [2.45, 2.75) is 6.42 Å². The van der Waals surface area contributed by atoms with Gasteiger partial charge in [0.2, 0.25) is 11.8 Å². The van der Waals surface area contributed by atoms with Crippen LogP contribution in [0.5, 0.6) is 5.75 Å². The van der Waals surface area contributed by atoms with Crippen LogP contribution < -0.4 is 15.4 Å². The van der Waals surface area contributed by atoms with Crippen molar-refractivity contribution in [2.24, 2.45) is 0 Å². The second-order valence-corrected chi connectivity index (χ2v) is 4.13. The first-order valence-electron chi connectivity index (χ1n) is 5.88. The van der Waals surface area contributed by atoms with Crippen LogP contribution >= 0.6 is 11.6 Å². The number of carbonyl (C=O) groups excluding carboxylic acids is 2. The van der Waals surface area contributed by atoms with Crippen LogP contribution in [0.1, 0.15) is 5.56 Å². The van der Waals surface area contributed by atoms with E-state index in [1.165, 1.54) is 0 Å². The number of amides is 2. The molecule has 0 atom stereocenters. The number of benzene rings is 1. The van der Waals surface area contributed by atoms with Gasteiger partial charge in [0, 0.05) is 13.1 Å². The van der Waals surface area contributed by atoms with E-state index in [0.29, 0.717) is 19.5 Å². The molecule has 104 valence electrons. The maximum Gasteiger partial charge on any atom is 0.234 e. The van der Waals surface area contributed by atoms with Crippen LogP contribution in [0.15, 0.2) is 24.3 Å². The van der Waals surface area contributed by atoms with Crippen molar-refractivity contribution in [3.63, 3.8) is 0 Å². The Kier molecular flexibility index (Phi) is 6.74. The van der Waals surface area contributed by atoms with Crippen LogP contribution in [0.4, 0.5) is 0 Å². The molecule has 1 rings (SSSR count). The molecule has 0 aliphatic heterocycles. The monoisotopic (exact) mass is 284 g/mol. The lowest BCUT2D eigenvalue weighted by Crippen LogP contribution is -2.35. The number of nitrogens with one attached hydrogen (secondary N) is 2. The lowest BCUT2D eigenvalue weighted by molar-refractivity contribution is -0.121. The normalized spacial score (nSPS) is 9.79. The molecule has 6 heteroatoms. The molecule has 2 N–H and O–H groups in total. The smallest absolute Gasteiger partial charge is 0.234 e. The quantitative estimate of drug-likeness (QED) is 0.572. The molecule has 1 aromatic carbocycles. The molecule has 0 saturated carbocycles. The molecule has 2 amide bonds. The minimum absolute atomic E-state index is 0.0696. The van der Waals surface area contributed by atoms with E-state index in [4.69, 9.17) is 16.3 Å². The van der Waals surface area contributed by atoms with Gasteiger partial charge in [-0.25, -0.2) is 0 Å². The molecule has 0 saturated heterocycles. The predicted molar refractivity (Wildman–Crippen MR) is 73.4 cm³/mol. The Bertz CT molecular complexity index is 420. The van der Waals surface area contributed by atoms with E-state index in [2.05, 4.69) is 10.6 Å². The van der Waals surface area contributed by atoms with E-state index in [9.17, 15) is 9.59 Å². The summed E-state index contributed by atoms with van der Waals surface area (Å²) in [4.78, 5) is 22.4. The van der Waals surface area contributed by atoms with Gasteiger partial charge in [-0.1, -0.05) is 12.1 Å². The summed E-state index contributed by atoms with van der Waals surface area (Å²) in [6, 6.07) is 7.30. The third kappa shape index (κ3) is 6.10. The Morgan fingerprint density at radius 1 is 1.11 bits per heavy atom. The number of halogens is 1. The number of alkyl halides is 1. The number of carbonyl (C=O) groups is 2. The van der Waals surface area contributed by atoms with Crippen molar-refractivity contribution >= 4 is 23.4 Å². The van der Waals surface area contributed by atoms with Gasteiger partial charge in [0.1, 0.15) is 11.6 Å². The van der Waals surface area contributed by atoms with Gasteiger partial charge in [0.15, 0.2) is 0 Å². The molecule has 0 spiro atoms. The van der Waals surface area contributed by atoms with E-state index in [-0.39, 0.29) is 17.7 Å². The van der Waals surface area contributed by atoms with Crippen molar-refractivity contribution in [2.75, 3.05) is 26.1 Å². The standard InChI is InChI=1S/C13H17ClN2O3/c1-19-11-4-2-10(3-5-11)8-12(17)15-6-7-16-13(18)9-14/h2-5H,6-9H2,1H3,(H,15,17)(H,16,18). The molecule has 1 aromatic rings. The third-order valence-electron chi connectivity index (χ3n) is 2.41. The van der Waals surface area contributed by atoms with E-state index >= 15 is 0 Å². The number of methoxy groups -OCH3 is 1. The number of hydrogen-bond acceptors (Lipinski definition) is 3. The Hall–Kier alpha value is -1.75. The van der Waals surface area contributed by atoms with Crippen LogP contribution in [-0.4, -0.2) is 37.9 Å². The summed E-state index contributed by atoms with van der Waals surface area (Å²) in [7, 11) is 1.59. The molecule has 0 unspecified atom stereocenters. The minimum atomic E-state index is -0.244. The van der Waals surface area contributed by atoms with E-state index in [1.807, 2.05) is 24.3 Å². The van der Waals surface area contributed by atoms with Crippen LogP contribution in [0.2, 0.25) is 0 Å². The van der Waals surface area contributed by atoms with Gasteiger partial charge in [0.05, 0.1) is 13.5 Å². The van der Waals surface area contributed by atoms with E-state index < -0.39 is 0 Å². The topological polar surface area (TPSA) is 67.4 Å². The first-order chi connectivity index (χ1) is 9.15. The van der Waals surface area contributed by atoms with Gasteiger partial charge in [-0.15, -0.1) is 11.6 Å². The summed E-state index contributed by atoms with van der Waals surface area (Å²) >= 11 is 5.32. The zero-order chi connectivity index (χ0) is 14.1. The fraction of sp³-hybridized carbons (Fsp3) is 0.385. The van der Waals surface area contributed by atoms with Crippen LogP contribution in [0, 0.1) is 0 Å². The highest BCUT2D eigenvalue weighted by molar-refractivity contribution is 6.27. The summed E-state index contributed by atoms with van der Waals surface area (Å²) in [5.41, 5.74) is 0.906. The molecule has 19 heavy (non-hydrogen) atoms. The van der Waals surface area contributed by atoms with Crippen molar-refractivity contribution in [3.8, 4) is 5.75 Å². The van der Waals surface area contributed by atoms with Crippen molar-refractivity contribution < 1.29 is 14.3 Å². The van der Waals surface area contributed by atoms with Gasteiger partial charge in [0.25, 0.3) is 0 Å². The fourth-order valence-corrected chi connectivity index (χ4v) is 1.54. The molecule has 0 bridgehead atoms. The predicted octanol–water partition coefficient (Wildman–Crippen LogP) is 0.709. The highest BCUT2D eigenvalue weighted by Crippen LogP contribution is 2.11. The summed E-state index contributed by atoms with van der Waals surface area (Å²) in [6.07, 6.45) is 0.299. The van der Waals surface area contributed by atoms with E-state index in [1.54, 1.807) is 7.11 Å². The SMILES string of the molecule is COc1ccc(CC(=O)NCCNC(=O)CCl)cc1. The van der Waals surface area contributed by atoms with Gasteiger partial charge >= 0.3 is 0 Å². The summed E-state index contributed by atoms with van der Waals surface area (Å²) in [6.45, 7) is 0.761. The second-order valence-electron chi connectivity index (χ2n) is 3.86. The highest BCUT2D eigenvalue weighted by atomic mass is 35.5.